The van der Waals surface area contributed by atoms with Crippen LogP contribution < -0.4 is 16.0 Å². The lowest BCUT2D eigenvalue weighted by Crippen LogP contribution is -2.36. The van der Waals surface area contributed by atoms with Crippen LogP contribution in [0.1, 0.15) is 62.1 Å². The highest BCUT2D eigenvalue weighted by Crippen LogP contribution is 2.26. The van der Waals surface area contributed by atoms with Gasteiger partial charge < -0.3 is 20.5 Å². The SMILES string of the molecule is CCc1noc(CC)c1CNC(=NC)NCc1cccc(NC(=O)C2CCCC2)c1.I. The largest absolute Gasteiger partial charge is 0.361 e. The lowest BCUT2D eigenvalue weighted by Gasteiger charge is -2.14. The fraction of sp³-hybridized carbons (Fsp3) is 0.522. The Hall–Kier alpha value is -2.10. The third-order valence-corrected chi connectivity index (χ3v) is 5.64. The molecule has 1 heterocycles. The number of aromatic nitrogens is 1. The molecule has 0 saturated heterocycles. The van der Waals surface area contributed by atoms with Gasteiger partial charge in [-0.25, -0.2) is 0 Å². The normalized spacial score (nSPS) is 14.2. The second-order valence-electron chi connectivity index (χ2n) is 7.69. The highest BCUT2D eigenvalue weighted by molar-refractivity contribution is 14.0. The van der Waals surface area contributed by atoms with E-state index in [-0.39, 0.29) is 35.8 Å². The van der Waals surface area contributed by atoms with Crippen molar-refractivity contribution < 1.29 is 9.32 Å². The Kier molecular flexibility index (Phi) is 10.3. The third kappa shape index (κ3) is 6.95. The van der Waals surface area contributed by atoms with Crippen LogP contribution >= 0.6 is 24.0 Å². The number of nitrogens with one attached hydrogen (secondary N) is 3. The summed E-state index contributed by atoms with van der Waals surface area (Å²) in [5.41, 5.74) is 4.02. The summed E-state index contributed by atoms with van der Waals surface area (Å²) in [7, 11) is 1.75. The Labute approximate surface area is 201 Å². The van der Waals surface area contributed by atoms with Gasteiger partial charge >= 0.3 is 0 Å². The van der Waals surface area contributed by atoms with Gasteiger partial charge in [0.05, 0.1) is 5.69 Å². The van der Waals surface area contributed by atoms with E-state index in [1.165, 1.54) is 0 Å². The van der Waals surface area contributed by atoms with E-state index in [1.807, 2.05) is 24.3 Å². The summed E-state index contributed by atoms with van der Waals surface area (Å²) in [6.07, 6.45) is 5.97. The molecular formula is C23H34IN5O2. The van der Waals surface area contributed by atoms with Gasteiger partial charge in [-0.2, -0.15) is 0 Å². The first-order chi connectivity index (χ1) is 14.6. The molecule has 1 aromatic carbocycles. The van der Waals surface area contributed by atoms with E-state index in [1.54, 1.807) is 7.05 Å². The first-order valence-electron chi connectivity index (χ1n) is 10.9. The van der Waals surface area contributed by atoms with E-state index in [0.717, 1.165) is 66.8 Å². The molecule has 7 nitrogen and oxygen atoms in total. The van der Waals surface area contributed by atoms with Gasteiger partial charge in [0.1, 0.15) is 5.76 Å². The summed E-state index contributed by atoms with van der Waals surface area (Å²) in [6, 6.07) is 7.96. The summed E-state index contributed by atoms with van der Waals surface area (Å²) in [6.45, 7) is 5.37. The summed E-state index contributed by atoms with van der Waals surface area (Å²) in [4.78, 5) is 16.7. The molecule has 3 N–H and O–H groups in total. The second kappa shape index (κ2) is 12.7. The Morgan fingerprint density at radius 3 is 2.58 bits per heavy atom. The Balaban J connectivity index is 0.00000341. The lowest BCUT2D eigenvalue weighted by atomic mass is 10.1. The standard InChI is InChI=1S/C23H33N5O2.HI/c1-4-20-19(21(5-2)30-28-20)15-26-23(24-3)25-14-16-9-8-12-18(13-16)27-22(29)17-10-6-7-11-17;/h8-9,12-13,17H,4-7,10-11,14-15H2,1-3H3,(H,27,29)(H2,24,25,26);1H. The molecule has 1 aromatic heterocycles. The van der Waals surface area contributed by atoms with Crippen LogP contribution in [-0.4, -0.2) is 24.1 Å². The summed E-state index contributed by atoms with van der Waals surface area (Å²) < 4.78 is 5.43. The van der Waals surface area contributed by atoms with Crippen molar-refractivity contribution in [2.24, 2.45) is 10.9 Å². The highest BCUT2D eigenvalue weighted by Gasteiger charge is 2.22. The number of aliphatic imine (C=N–C) groups is 1. The van der Waals surface area contributed by atoms with Crippen molar-refractivity contribution in [2.75, 3.05) is 12.4 Å². The van der Waals surface area contributed by atoms with Gasteiger partial charge in [0.25, 0.3) is 0 Å². The van der Waals surface area contributed by atoms with Crippen molar-refractivity contribution in [1.82, 2.24) is 15.8 Å². The molecule has 8 heteroatoms. The highest BCUT2D eigenvalue weighted by atomic mass is 127. The molecule has 1 fully saturated rings. The maximum absolute atomic E-state index is 12.4. The molecule has 31 heavy (non-hydrogen) atoms. The van der Waals surface area contributed by atoms with Crippen LogP contribution in [0.5, 0.6) is 0 Å². The van der Waals surface area contributed by atoms with Crippen molar-refractivity contribution in [1.29, 1.82) is 0 Å². The minimum absolute atomic E-state index is 0. The molecule has 0 bridgehead atoms. The van der Waals surface area contributed by atoms with Crippen LogP contribution in [0.15, 0.2) is 33.8 Å². The number of carbonyl (C=O) groups excluding carboxylic acids is 1. The van der Waals surface area contributed by atoms with Crippen molar-refractivity contribution in [3.05, 3.63) is 46.8 Å². The van der Waals surface area contributed by atoms with E-state index in [2.05, 4.69) is 39.9 Å². The zero-order valence-electron chi connectivity index (χ0n) is 18.7. The molecular weight excluding hydrogens is 505 g/mol. The zero-order valence-corrected chi connectivity index (χ0v) is 21.0. The fourth-order valence-corrected chi connectivity index (χ4v) is 3.91. The Morgan fingerprint density at radius 1 is 1.16 bits per heavy atom. The Morgan fingerprint density at radius 2 is 1.90 bits per heavy atom. The number of rotatable bonds is 8. The van der Waals surface area contributed by atoms with Crippen molar-refractivity contribution in [3.8, 4) is 0 Å². The predicted molar refractivity (Wildman–Crippen MR) is 135 cm³/mol. The van der Waals surface area contributed by atoms with Crippen molar-refractivity contribution >= 4 is 41.5 Å². The average molecular weight is 539 g/mol. The van der Waals surface area contributed by atoms with Gasteiger partial charge in [-0.15, -0.1) is 24.0 Å². The molecule has 0 spiro atoms. The van der Waals surface area contributed by atoms with Crippen LogP contribution in [0.25, 0.3) is 0 Å². The Bertz CT molecular complexity index is 853. The van der Waals surface area contributed by atoms with Crippen LogP contribution in [-0.2, 0) is 30.7 Å². The van der Waals surface area contributed by atoms with Gasteiger partial charge in [-0.1, -0.05) is 44.0 Å². The van der Waals surface area contributed by atoms with Crippen LogP contribution in [0.2, 0.25) is 0 Å². The second-order valence-corrected chi connectivity index (χ2v) is 7.69. The molecule has 3 rings (SSSR count). The molecule has 170 valence electrons. The number of nitrogens with zero attached hydrogens (tertiary/aromatic N) is 2. The van der Waals surface area contributed by atoms with Gasteiger partial charge in [0.2, 0.25) is 5.91 Å². The maximum Gasteiger partial charge on any atom is 0.227 e. The molecule has 0 radical (unpaired) electrons. The van der Waals surface area contributed by atoms with E-state index < -0.39 is 0 Å². The number of halogens is 1. The number of guanidine groups is 1. The quantitative estimate of drug-likeness (QED) is 0.263. The van der Waals surface area contributed by atoms with Gasteiger partial charge in [0, 0.05) is 43.7 Å². The topological polar surface area (TPSA) is 91.6 Å². The molecule has 0 atom stereocenters. The smallest absolute Gasteiger partial charge is 0.227 e. The molecule has 1 amide bonds. The maximum atomic E-state index is 12.4. The summed E-state index contributed by atoms with van der Waals surface area (Å²) in [5.74, 6) is 1.93. The third-order valence-electron chi connectivity index (χ3n) is 5.64. The van der Waals surface area contributed by atoms with E-state index in [9.17, 15) is 4.79 Å². The van der Waals surface area contributed by atoms with Gasteiger partial charge in [0.15, 0.2) is 5.96 Å². The molecule has 2 aromatic rings. The van der Waals surface area contributed by atoms with E-state index in [4.69, 9.17) is 4.52 Å². The number of hydrogen-bond donors (Lipinski definition) is 3. The number of aryl methyl sites for hydroxylation is 2. The van der Waals surface area contributed by atoms with Crippen LogP contribution in [0.3, 0.4) is 0 Å². The zero-order chi connectivity index (χ0) is 21.3. The predicted octanol–water partition coefficient (Wildman–Crippen LogP) is 4.41. The lowest BCUT2D eigenvalue weighted by molar-refractivity contribution is -0.119. The number of hydrogen-bond acceptors (Lipinski definition) is 4. The minimum Gasteiger partial charge on any atom is -0.361 e. The average Bonchev–Trinajstić information content (AvgIpc) is 3.44. The number of anilines is 1. The van der Waals surface area contributed by atoms with E-state index >= 15 is 0 Å². The molecule has 1 aliphatic carbocycles. The van der Waals surface area contributed by atoms with Crippen LogP contribution in [0, 0.1) is 5.92 Å². The summed E-state index contributed by atoms with van der Waals surface area (Å²) in [5, 5.41) is 13.9. The molecule has 1 aliphatic rings. The monoisotopic (exact) mass is 539 g/mol. The van der Waals surface area contributed by atoms with Crippen molar-refractivity contribution in [3.63, 3.8) is 0 Å². The fourth-order valence-electron chi connectivity index (χ4n) is 3.91. The van der Waals surface area contributed by atoms with Crippen LogP contribution in [0.4, 0.5) is 5.69 Å². The number of benzene rings is 1. The number of carbonyl (C=O) groups is 1. The first kappa shape index (κ1) is 25.2. The van der Waals surface area contributed by atoms with Gasteiger partial charge in [-0.05, 0) is 37.0 Å². The minimum atomic E-state index is 0. The van der Waals surface area contributed by atoms with E-state index in [0.29, 0.717) is 19.0 Å². The molecule has 0 unspecified atom stereocenters. The number of amides is 1. The van der Waals surface area contributed by atoms with Crippen molar-refractivity contribution in [2.45, 2.75) is 65.5 Å². The molecule has 0 aliphatic heterocycles. The molecule has 1 saturated carbocycles. The first-order valence-corrected chi connectivity index (χ1v) is 10.9. The van der Waals surface area contributed by atoms with Gasteiger partial charge in [-0.3, -0.25) is 9.79 Å². The summed E-state index contributed by atoms with van der Waals surface area (Å²) >= 11 is 0.